The van der Waals surface area contributed by atoms with Crippen molar-refractivity contribution in [2.24, 2.45) is 0 Å². The molecule has 4 rings (SSSR count). The molecule has 10 heteroatoms. The zero-order valence-corrected chi connectivity index (χ0v) is 15.5. The number of alkyl halides is 3. The van der Waals surface area contributed by atoms with Crippen LogP contribution in [0.25, 0.3) is 10.9 Å². The molecule has 2 unspecified atom stereocenters. The number of rotatable bonds is 1. The fourth-order valence-corrected chi connectivity index (χ4v) is 6.48. The van der Waals surface area contributed by atoms with E-state index < -0.39 is 33.4 Å². The lowest BCUT2D eigenvalue weighted by Crippen LogP contribution is -2.26. The van der Waals surface area contributed by atoms with Crippen LogP contribution in [0.5, 0.6) is 5.88 Å². The molecule has 26 heavy (non-hydrogen) atoms. The maximum Gasteiger partial charge on any atom is 0.416 e. The van der Waals surface area contributed by atoms with E-state index in [4.69, 9.17) is 10.7 Å². The van der Waals surface area contributed by atoms with Crippen molar-refractivity contribution in [1.29, 1.82) is 0 Å². The SMILES string of the molecule is O=c1nc(O)c2cc(C(F)(F)F)cc3c2n1CC(c1ccsc1)C[SH]3Cl. The molecular formula is C16H12ClF3N2O2S2. The fraction of sp³-hybridized carbons (Fsp3) is 0.250. The number of hydrogen-bond donors (Lipinski definition) is 2. The van der Waals surface area contributed by atoms with Crippen LogP contribution in [-0.4, -0.2) is 20.4 Å². The number of benzene rings is 1. The van der Waals surface area contributed by atoms with Crippen molar-refractivity contribution in [3.63, 3.8) is 0 Å². The van der Waals surface area contributed by atoms with E-state index in [-0.39, 0.29) is 28.3 Å². The van der Waals surface area contributed by atoms with E-state index in [0.717, 1.165) is 17.7 Å². The summed E-state index contributed by atoms with van der Waals surface area (Å²) in [4.78, 5) is 16.1. The van der Waals surface area contributed by atoms with Gasteiger partial charge in [0.1, 0.15) is 0 Å². The normalized spacial score (nSPS) is 21.7. The van der Waals surface area contributed by atoms with Gasteiger partial charge in [-0.2, -0.15) is 29.5 Å². The number of hydrogen-bond acceptors (Lipinski definition) is 4. The highest BCUT2D eigenvalue weighted by atomic mass is 35.7. The smallest absolute Gasteiger partial charge is 0.416 e. The summed E-state index contributed by atoms with van der Waals surface area (Å²) in [6.45, 7) is 0.253. The summed E-state index contributed by atoms with van der Waals surface area (Å²) < 4.78 is 41.2. The average molecular weight is 421 g/mol. The minimum atomic E-state index is -4.59. The van der Waals surface area contributed by atoms with Crippen molar-refractivity contribution in [2.45, 2.75) is 23.5 Å². The first kappa shape index (κ1) is 17.7. The van der Waals surface area contributed by atoms with E-state index in [0.29, 0.717) is 5.75 Å². The summed E-state index contributed by atoms with van der Waals surface area (Å²) >= 11 is 1.50. The molecule has 1 aromatic carbocycles. The Morgan fingerprint density at radius 2 is 2.15 bits per heavy atom. The molecule has 0 fully saturated rings. The molecule has 0 saturated carbocycles. The lowest BCUT2D eigenvalue weighted by atomic mass is 10.0. The fourth-order valence-electron chi connectivity index (χ4n) is 3.19. The van der Waals surface area contributed by atoms with Gasteiger partial charge in [0.05, 0.1) is 16.5 Å². The van der Waals surface area contributed by atoms with Crippen molar-refractivity contribution in [2.75, 3.05) is 5.75 Å². The van der Waals surface area contributed by atoms with Crippen LogP contribution in [0.1, 0.15) is 17.0 Å². The standard InChI is InChI=1S/C16H12ClF3N2O2S2/c17-26-7-9(8-1-2-25-6-8)5-22-13-11(14(23)21-15(22)24)3-10(4-12(13)26)16(18,19)20/h1-4,6,9,26H,5,7H2,(H,21,23,24). The highest BCUT2D eigenvalue weighted by Gasteiger charge is 2.34. The summed E-state index contributed by atoms with van der Waals surface area (Å²) in [6.07, 6.45) is -4.59. The Labute approximate surface area is 156 Å². The van der Waals surface area contributed by atoms with Gasteiger partial charge in [0, 0.05) is 23.1 Å². The number of thiophene rings is 1. The first-order chi connectivity index (χ1) is 12.3. The van der Waals surface area contributed by atoms with Gasteiger partial charge in [0.2, 0.25) is 5.88 Å². The number of aromatic nitrogens is 2. The highest BCUT2D eigenvalue weighted by molar-refractivity contribution is 8.36. The van der Waals surface area contributed by atoms with Gasteiger partial charge in [0.25, 0.3) is 0 Å². The first-order valence-corrected chi connectivity index (χ1v) is 10.9. The lowest BCUT2D eigenvalue weighted by molar-refractivity contribution is -0.137. The molecule has 0 radical (unpaired) electrons. The molecule has 3 heterocycles. The van der Waals surface area contributed by atoms with E-state index in [9.17, 15) is 23.1 Å². The molecule has 3 aromatic rings. The van der Waals surface area contributed by atoms with Gasteiger partial charge in [-0.3, -0.25) is 4.57 Å². The third kappa shape index (κ3) is 2.87. The maximum absolute atomic E-state index is 13.3. The van der Waals surface area contributed by atoms with Crippen molar-refractivity contribution in [3.05, 3.63) is 50.6 Å². The zero-order valence-electron chi connectivity index (χ0n) is 13.0. The maximum atomic E-state index is 13.3. The van der Waals surface area contributed by atoms with Gasteiger partial charge in [-0.25, -0.2) is 4.79 Å². The molecule has 0 spiro atoms. The Hall–Kier alpha value is -1.71. The van der Waals surface area contributed by atoms with Crippen LogP contribution in [0.15, 0.2) is 38.6 Å². The average Bonchev–Trinajstić information content (AvgIpc) is 3.05. The Kier molecular flexibility index (Phi) is 4.20. The monoisotopic (exact) mass is 420 g/mol. The predicted octanol–water partition coefficient (Wildman–Crippen LogP) is 4.49. The molecule has 4 nitrogen and oxygen atoms in total. The van der Waals surface area contributed by atoms with Crippen molar-refractivity contribution >= 4 is 43.0 Å². The summed E-state index contributed by atoms with van der Waals surface area (Å²) in [5.74, 6) is -0.382. The van der Waals surface area contributed by atoms with Gasteiger partial charge in [-0.15, -0.1) is 10.1 Å². The molecule has 138 valence electrons. The van der Waals surface area contributed by atoms with Crippen molar-refractivity contribution in [3.8, 4) is 5.88 Å². The van der Waals surface area contributed by atoms with E-state index in [1.54, 1.807) is 0 Å². The molecule has 2 atom stereocenters. The van der Waals surface area contributed by atoms with Crippen molar-refractivity contribution < 1.29 is 18.3 Å². The molecule has 1 N–H and O–H groups in total. The molecule has 1 aliphatic heterocycles. The Morgan fingerprint density at radius 3 is 2.81 bits per heavy atom. The highest BCUT2D eigenvalue weighted by Crippen LogP contribution is 2.51. The molecule has 0 saturated heterocycles. The van der Waals surface area contributed by atoms with Crippen LogP contribution in [0.2, 0.25) is 0 Å². The van der Waals surface area contributed by atoms with E-state index in [1.807, 2.05) is 16.8 Å². The first-order valence-electron chi connectivity index (χ1n) is 7.56. The molecular weight excluding hydrogens is 409 g/mol. The Morgan fingerprint density at radius 1 is 1.38 bits per heavy atom. The Bertz CT molecular complexity index is 1050. The third-order valence-electron chi connectivity index (χ3n) is 4.42. The quantitative estimate of drug-likeness (QED) is 0.570. The van der Waals surface area contributed by atoms with E-state index in [1.165, 1.54) is 15.9 Å². The molecule has 0 amide bonds. The molecule has 0 bridgehead atoms. The number of aromatic hydroxyl groups is 1. The number of nitrogens with zero attached hydrogens (tertiary/aromatic N) is 2. The van der Waals surface area contributed by atoms with Crippen LogP contribution >= 0.6 is 32.1 Å². The Balaban J connectivity index is 2.02. The lowest BCUT2D eigenvalue weighted by Gasteiger charge is -2.19. The summed E-state index contributed by atoms with van der Waals surface area (Å²) in [5, 5.41) is 13.8. The molecule has 1 aliphatic rings. The second kappa shape index (κ2) is 6.17. The number of thiol groups is 1. The van der Waals surface area contributed by atoms with Crippen LogP contribution in [0, 0.1) is 0 Å². The predicted molar refractivity (Wildman–Crippen MR) is 97.7 cm³/mol. The van der Waals surface area contributed by atoms with Crippen LogP contribution in [0.4, 0.5) is 13.2 Å². The number of halogens is 4. The largest absolute Gasteiger partial charge is 0.493 e. The van der Waals surface area contributed by atoms with E-state index >= 15 is 0 Å². The zero-order chi connectivity index (χ0) is 18.6. The second-order valence-electron chi connectivity index (χ2n) is 6.02. The van der Waals surface area contributed by atoms with Gasteiger partial charge in [-0.1, -0.05) is 10.7 Å². The summed E-state index contributed by atoms with van der Waals surface area (Å²) in [5.41, 5.74) is -0.378. The summed E-state index contributed by atoms with van der Waals surface area (Å²) in [7, 11) is 5.06. The van der Waals surface area contributed by atoms with Crippen LogP contribution in [0.3, 0.4) is 0 Å². The molecule has 0 aliphatic carbocycles. The third-order valence-corrected chi connectivity index (χ3v) is 7.71. The second-order valence-corrected chi connectivity index (χ2v) is 9.59. The van der Waals surface area contributed by atoms with Crippen LogP contribution < -0.4 is 5.69 Å². The van der Waals surface area contributed by atoms with Crippen LogP contribution in [-0.2, 0) is 12.7 Å². The van der Waals surface area contributed by atoms with E-state index in [2.05, 4.69) is 4.98 Å². The van der Waals surface area contributed by atoms with Crippen molar-refractivity contribution in [1.82, 2.24) is 9.55 Å². The summed E-state index contributed by atoms with van der Waals surface area (Å²) in [6, 6.07) is 3.73. The van der Waals surface area contributed by atoms with Gasteiger partial charge in [-0.05, 0) is 34.5 Å². The van der Waals surface area contributed by atoms with Gasteiger partial charge >= 0.3 is 11.9 Å². The molecule has 2 aromatic heterocycles. The van der Waals surface area contributed by atoms with Gasteiger partial charge < -0.3 is 5.11 Å². The minimum absolute atomic E-state index is 0.103. The minimum Gasteiger partial charge on any atom is -0.493 e. The van der Waals surface area contributed by atoms with Gasteiger partial charge in [0.15, 0.2) is 0 Å². The topological polar surface area (TPSA) is 55.1 Å².